The van der Waals surface area contributed by atoms with Crippen LogP contribution in [-0.4, -0.2) is 25.8 Å². The quantitative estimate of drug-likeness (QED) is 0.608. The average Bonchev–Trinajstić information content (AvgIpc) is 2.54. The van der Waals surface area contributed by atoms with Crippen LogP contribution in [0.2, 0.25) is 0 Å². The van der Waals surface area contributed by atoms with Gasteiger partial charge in [-0.3, -0.25) is 0 Å². The van der Waals surface area contributed by atoms with Crippen molar-refractivity contribution in [1.29, 1.82) is 0 Å². The van der Waals surface area contributed by atoms with Crippen molar-refractivity contribution in [3.8, 4) is 11.5 Å². The summed E-state index contributed by atoms with van der Waals surface area (Å²) in [7, 11) is 0. The van der Waals surface area contributed by atoms with E-state index in [-0.39, 0.29) is 6.04 Å². The highest BCUT2D eigenvalue weighted by molar-refractivity contribution is 5.54. The molecule has 1 aromatic rings. The van der Waals surface area contributed by atoms with Gasteiger partial charge in [0.2, 0.25) is 0 Å². The van der Waals surface area contributed by atoms with E-state index in [1.54, 1.807) is 0 Å². The van der Waals surface area contributed by atoms with E-state index < -0.39 is 0 Å². The van der Waals surface area contributed by atoms with Crippen LogP contribution in [0, 0.1) is 0 Å². The fourth-order valence-corrected chi connectivity index (χ4v) is 2.09. The minimum Gasteiger partial charge on any atom is -0.490 e. The van der Waals surface area contributed by atoms with Gasteiger partial charge in [-0.15, -0.1) is 0 Å². The first-order valence-electron chi connectivity index (χ1n) is 8.60. The van der Waals surface area contributed by atoms with E-state index in [4.69, 9.17) is 15.2 Å². The van der Waals surface area contributed by atoms with Crippen LogP contribution in [0.15, 0.2) is 18.2 Å². The van der Waals surface area contributed by atoms with Crippen LogP contribution in [-0.2, 0) is 0 Å². The fraction of sp³-hybridized carbons (Fsp3) is 0.667. The van der Waals surface area contributed by atoms with E-state index in [2.05, 4.69) is 26.1 Å². The molecule has 0 spiro atoms. The molecule has 4 nitrogen and oxygen atoms in total. The summed E-state index contributed by atoms with van der Waals surface area (Å²) >= 11 is 0. The van der Waals surface area contributed by atoms with E-state index in [1.165, 1.54) is 12.8 Å². The van der Waals surface area contributed by atoms with E-state index in [1.807, 2.05) is 18.2 Å². The lowest BCUT2D eigenvalue weighted by atomic mass is 10.1. The molecular weight excluding hydrogens is 276 g/mol. The molecular formula is C18H32N2O2. The maximum atomic E-state index is 6.10. The monoisotopic (exact) mass is 308 g/mol. The molecule has 0 aliphatic carbocycles. The zero-order valence-corrected chi connectivity index (χ0v) is 14.4. The highest BCUT2D eigenvalue weighted by Crippen LogP contribution is 2.31. The molecule has 0 aliphatic heterocycles. The Morgan fingerprint density at radius 2 is 1.68 bits per heavy atom. The molecule has 1 unspecified atom stereocenters. The van der Waals surface area contributed by atoms with Gasteiger partial charge in [0.1, 0.15) is 0 Å². The van der Waals surface area contributed by atoms with Gasteiger partial charge < -0.3 is 20.5 Å². The van der Waals surface area contributed by atoms with Crippen LogP contribution in [0.1, 0.15) is 52.9 Å². The van der Waals surface area contributed by atoms with Gasteiger partial charge in [-0.2, -0.15) is 0 Å². The minimum absolute atomic E-state index is 0.191. The Bertz CT molecular complexity index is 410. The van der Waals surface area contributed by atoms with Crippen molar-refractivity contribution < 1.29 is 9.47 Å². The number of nitrogens with one attached hydrogen (secondary N) is 1. The molecule has 3 N–H and O–H groups in total. The predicted octanol–water partition coefficient (Wildman–Crippen LogP) is 4.19. The molecule has 4 heteroatoms. The number of hydrogen-bond acceptors (Lipinski definition) is 4. The topological polar surface area (TPSA) is 56.5 Å². The normalized spacial score (nSPS) is 12.0. The second-order valence-electron chi connectivity index (χ2n) is 5.64. The number of ether oxygens (including phenoxy) is 2. The zero-order chi connectivity index (χ0) is 16.2. The van der Waals surface area contributed by atoms with Crippen LogP contribution in [0.3, 0.4) is 0 Å². The van der Waals surface area contributed by atoms with E-state index in [9.17, 15) is 0 Å². The molecule has 0 aliphatic rings. The van der Waals surface area contributed by atoms with Crippen LogP contribution in [0.4, 0.5) is 5.69 Å². The largest absolute Gasteiger partial charge is 0.490 e. The first-order chi connectivity index (χ1) is 10.7. The lowest BCUT2D eigenvalue weighted by Crippen LogP contribution is -2.28. The third-order valence-electron chi connectivity index (χ3n) is 3.36. The number of nitrogens with two attached hydrogens (primary N) is 1. The van der Waals surface area contributed by atoms with Gasteiger partial charge in [0.25, 0.3) is 0 Å². The van der Waals surface area contributed by atoms with E-state index in [0.717, 1.165) is 43.0 Å². The van der Waals surface area contributed by atoms with Crippen LogP contribution in [0.5, 0.6) is 11.5 Å². The van der Waals surface area contributed by atoms with Crippen LogP contribution in [0.25, 0.3) is 0 Å². The summed E-state index contributed by atoms with van der Waals surface area (Å²) in [5, 5.41) is 3.39. The first kappa shape index (κ1) is 18.6. The molecule has 1 atom stereocenters. The molecule has 22 heavy (non-hydrogen) atoms. The second kappa shape index (κ2) is 11.2. The summed E-state index contributed by atoms with van der Waals surface area (Å²) in [5.74, 6) is 1.62. The van der Waals surface area contributed by atoms with Crippen molar-refractivity contribution in [2.75, 3.05) is 25.1 Å². The molecule has 0 bridgehead atoms. The summed E-state index contributed by atoms with van der Waals surface area (Å²) < 4.78 is 11.5. The maximum Gasteiger partial charge on any atom is 0.163 e. The molecule has 126 valence electrons. The van der Waals surface area contributed by atoms with Gasteiger partial charge in [-0.1, -0.05) is 33.6 Å². The van der Waals surface area contributed by atoms with Gasteiger partial charge >= 0.3 is 0 Å². The molecule has 1 rings (SSSR count). The van der Waals surface area contributed by atoms with Crippen LogP contribution >= 0.6 is 0 Å². The Hall–Kier alpha value is -1.42. The van der Waals surface area contributed by atoms with Crippen molar-refractivity contribution >= 4 is 5.69 Å². The van der Waals surface area contributed by atoms with Crippen LogP contribution < -0.4 is 20.5 Å². The van der Waals surface area contributed by atoms with Gasteiger partial charge in [0.05, 0.1) is 13.2 Å². The van der Waals surface area contributed by atoms with E-state index in [0.29, 0.717) is 13.2 Å². The summed E-state index contributed by atoms with van der Waals surface area (Å²) in [6.07, 6.45) is 5.39. The SMILES string of the molecule is CCCCC(N)CNc1ccc(OCCC)c(OCCC)c1. The Balaban J connectivity index is 2.62. The second-order valence-corrected chi connectivity index (χ2v) is 5.64. The van der Waals surface area contributed by atoms with Crippen molar-refractivity contribution in [2.45, 2.75) is 58.9 Å². The number of unbranched alkanes of at least 4 members (excludes halogenated alkanes) is 1. The van der Waals surface area contributed by atoms with E-state index >= 15 is 0 Å². The Morgan fingerprint density at radius 3 is 2.32 bits per heavy atom. The lowest BCUT2D eigenvalue weighted by Gasteiger charge is -2.16. The average molecular weight is 308 g/mol. The minimum atomic E-state index is 0.191. The van der Waals surface area contributed by atoms with Gasteiger partial charge in [0, 0.05) is 24.3 Å². The summed E-state index contributed by atoms with van der Waals surface area (Å²) in [6.45, 7) is 8.57. The predicted molar refractivity (Wildman–Crippen MR) is 94.0 cm³/mol. The zero-order valence-electron chi connectivity index (χ0n) is 14.4. The summed E-state index contributed by atoms with van der Waals surface area (Å²) in [5.41, 5.74) is 7.13. The summed E-state index contributed by atoms with van der Waals surface area (Å²) in [4.78, 5) is 0. The Labute approximate surface area is 135 Å². The van der Waals surface area contributed by atoms with Crippen molar-refractivity contribution in [1.82, 2.24) is 0 Å². The molecule has 0 heterocycles. The molecule has 0 aromatic heterocycles. The third-order valence-corrected chi connectivity index (χ3v) is 3.36. The van der Waals surface area contributed by atoms with Crippen molar-refractivity contribution in [2.24, 2.45) is 5.73 Å². The molecule has 0 saturated carbocycles. The molecule has 0 radical (unpaired) electrons. The maximum absolute atomic E-state index is 6.10. The van der Waals surface area contributed by atoms with Gasteiger partial charge in [0.15, 0.2) is 11.5 Å². The molecule has 0 amide bonds. The highest BCUT2D eigenvalue weighted by Gasteiger charge is 2.08. The highest BCUT2D eigenvalue weighted by atomic mass is 16.5. The van der Waals surface area contributed by atoms with Gasteiger partial charge in [-0.05, 0) is 31.4 Å². The number of rotatable bonds is 12. The summed E-state index contributed by atoms with van der Waals surface area (Å²) in [6, 6.07) is 6.19. The Morgan fingerprint density at radius 1 is 1.00 bits per heavy atom. The standard InChI is InChI=1S/C18H32N2O2/c1-4-7-8-15(19)14-20-16-9-10-17(21-11-5-2)18(13-16)22-12-6-3/h9-10,13,15,20H,4-8,11-12,14,19H2,1-3H3. The lowest BCUT2D eigenvalue weighted by molar-refractivity contribution is 0.268. The third kappa shape index (κ3) is 7.03. The molecule has 0 saturated heterocycles. The molecule has 0 fully saturated rings. The van der Waals surface area contributed by atoms with Crippen molar-refractivity contribution in [3.05, 3.63) is 18.2 Å². The smallest absolute Gasteiger partial charge is 0.163 e. The number of anilines is 1. The van der Waals surface area contributed by atoms with Crippen molar-refractivity contribution in [3.63, 3.8) is 0 Å². The molecule has 1 aromatic carbocycles. The number of benzene rings is 1. The fourth-order valence-electron chi connectivity index (χ4n) is 2.09. The Kier molecular flexibility index (Phi) is 9.47. The number of hydrogen-bond donors (Lipinski definition) is 2. The first-order valence-corrected chi connectivity index (χ1v) is 8.60. The van der Waals surface area contributed by atoms with Gasteiger partial charge in [-0.25, -0.2) is 0 Å².